The fraction of sp³-hybridized carbons (Fsp3) is 0.647. The molecule has 0 aromatic carbocycles. The number of nitrogens with one attached hydrogen (secondary N) is 1. The SMILES string of the molecule is Cn1c(C2CCNCC2)cc(=O)n2nc(C3CCCC3)cc12. The Kier molecular flexibility index (Phi) is 3.53. The first kappa shape index (κ1) is 14.0. The molecule has 2 aliphatic rings. The number of piperidine rings is 1. The van der Waals surface area contributed by atoms with Crippen LogP contribution in [0.1, 0.15) is 61.7 Å². The molecule has 22 heavy (non-hydrogen) atoms. The van der Waals surface area contributed by atoms with Gasteiger partial charge in [0.05, 0.1) is 5.69 Å². The zero-order chi connectivity index (χ0) is 15.1. The molecule has 1 aliphatic heterocycles. The summed E-state index contributed by atoms with van der Waals surface area (Å²) in [6.45, 7) is 2.08. The van der Waals surface area contributed by atoms with E-state index in [-0.39, 0.29) is 5.56 Å². The molecule has 2 aromatic rings. The molecule has 0 unspecified atom stereocenters. The van der Waals surface area contributed by atoms with Gasteiger partial charge in [-0.25, -0.2) is 0 Å². The molecule has 0 bridgehead atoms. The van der Waals surface area contributed by atoms with Gasteiger partial charge in [0.15, 0.2) is 0 Å². The van der Waals surface area contributed by atoms with Gasteiger partial charge in [-0.2, -0.15) is 9.61 Å². The molecule has 0 amide bonds. The van der Waals surface area contributed by atoms with Crippen LogP contribution in [0.15, 0.2) is 16.9 Å². The molecule has 1 saturated carbocycles. The van der Waals surface area contributed by atoms with E-state index in [4.69, 9.17) is 0 Å². The summed E-state index contributed by atoms with van der Waals surface area (Å²) in [5.41, 5.74) is 3.23. The highest BCUT2D eigenvalue weighted by Gasteiger charge is 2.23. The lowest BCUT2D eigenvalue weighted by atomic mass is 9.94. The van der Waals surface area contributed by atoms with Gasteiger partial charge in [-0.3, -0.25) is 4.79 Å². The maximum atomic E-state index is 12.5. The molecular weight excluding hydrogens is 276 g/mol. The van der Waals surface area contributed by atoms with Crippen molar-refractivity contribution in [3.63, 3.8) is 0 Å². The van der Waals surface area contributed by atoms with E-state index in [0.29, 0.717) is 11.8 Å². The van der Waals surface area contributed by atoms with Gasteiger partial charge in [-0.15, -0.1) is 0 Å². The maximum Gasteiger partial charge on any atom is 0.274 e. The molecule has 5 nitrogen and oxygen atoms in total. The summed E-state index contributed by atoms with van der Waals surface area (Å²) in [7, 11) is 2.08. The summed E-state index contributed by atoms with van der Waals surface area (Å²) in [5.74, 6) is 1.02. The zero-order valence-electron chi connectivity index (χ0n) is 13.2. The van der Waals surface area contributed by atoms with Gasteiger partial charge in [0.2, 0.25) is 0 Å². The molecule has 2 fully saturated rings. The molecule has 0 spiro atoms. The van der Waals surface area contributed by atoms with Crippen molar-refractivity contribution in [3.05, 3.63) is 33.9 Å². The third-order valence-corrected chi connectivity index (χ3v) is 5.45. The van der Waals surface area contributed by atoms with Crippen molar-refractivity contribution >= 4 is 5.65 Å². The van der Waals surface area contributed by atoms with E-state index >= 15 is 0 Å². The van der Waals surface area contributed by atoms with Crippen LogP contribution in [0.3, 0.4) is 0 Å². The standard InChI is InChI=1S/C17H24N4O/c1-20-15(13-6-8-18-9-7-13)11-17(22)21-16(20)10-14(19-21)12-4-2-3-5-12/h10-13,18H,2-9H2,1H3. The maximum absolute atomic E-state index is 12.5. The predicted molar refractivity (Wildman–Crippen MR) is 86.5 cm³/mol. The lowest BCUT2D eigenvalue weighted by Gasteiger charge is -2.25. The quantitative estimate of drug-likeness (QED) is 0.924. The van der Waals surface area contributed by atoms with Crippen LogP contribution in [0.25, 0.3) is 5.65 Å². The number of nitrogens with zero attached hydrogens (tertiary/aromatic N) is 3. The Morgan fingerprint density at radius 1 is 1.09 bits per heavy atom. The number of hydrogen-bond donors (Lipinski definition) is 1. The van der Waals surface area contributed by atoms with Crippen molar-refractivity contribution in [2.45, 2.75) is 50.4 Å². The predicted octanol–water partition coefficient (Wildman–Crippen LogP) is 2.16. The van der Waals surface area contributed by atoms with Crippen molar-refractivity contribution in [2.24, 2.45) is 7.05 Å². The lowest BCUT2D eigenvalue weighted by molar-refractivity contribution is 0.443. The van der Waals surface area contributed by atoms with Crippen molar-refractivity contribution in [3.8, 4) is 0 Å². The Morgan fingerprint density at radius 3 is 2.55 bits per heavy atom. The Balaban J connectivity index is 1.79. The Morgan fingerprint density at radius 2 is 1.82 bits per heavy atom. The molecular formula is C17H24N4O. The van der Waals surface area contributed by atoms with Crippen LogP contribution in [-0.4, -0.2) is 27.3 Å². The smallest absolute Gasteiger partial charge is 0.274 e. The minimum absolute atomic E-state index is 0.0193. The Hall–Kier alpha value is -1.62. The van der Waals surface area contributed by atoms with Crippen LogP contribution >= 0.6 is 0 Å². The number of aryl methyl sites for hydroxylation is 1. The van der Waals surface area contributed by atoms with Crippen molar-refractivity contribution in [2.75, 3.05) is 13.1 Å². The van der Waals surface area contributed by atoms with Crippen LogP contribution < -0.4 is 10.9 Å². The van der Waals surface area contributed by atoms with Crippen LogP contribution in [-0.2, 0) is 7.05 Å². The largest absolute Gasteiger partial charge is 0.333 e. The van der Waals surface area contributed by atoms with E-state index in [1.807, 2.05) is 0 Å². The average Bonchev–Trinajstić information content (AvgIpc) is 3.20. The highest BCUT2D eigenvalue weighted by Crippen LogP contribution is 2.34. The van der Waals surface area contributed by atoms with Crippen LogP contribution in [0.2, 0.25) is 0 Å². The molecule has 2 aromatic heterocycles. The van der Waals surface area contributed by atoms with Crippen molar-refractivity contribution in [1.29, 1.82) is 0 Å². The van der Waals surface area contributed by atoms with E-state index in [2.05, 4.69) is 28.1 Å². The second-order valence-corrected chi connectivity index (χ2v) is 6.81. The van der Waals surface area contributed by atoms with Crippen LogP contribution in [0, 0.1) is 0 Å². The van der Waals surface area contributed by atoms with Gasteiger partial charge >= 0.3 is 0 Å². The summed E-state index contributed by atoms with van der Waals surface area (Å²) >= 11 is 0. The Labute approximate surface area is 130 Å². The molecule has 0 radical (unpaired) electrons. The van der Waals surface area contributed by atoms with Gasteiger partial charge in [0, 0.05) is 36.7 Å². The van der Waals surface area contributed by atoms with E-state index in [1.165, 1.54) is 25.7 Å². The normalized spacial score (nSPS) is 21.0. The van der Waals surface area contributed by atoms with Gasteiger partial charge in [0.1, 0.15) is 5.65 Å². The summed E-state index contributed by atoms with van der Waals surface area (Å²) < 4.78 is 3.78. The van der Waals surface area contributed by atoms with Crippen LogP contribution in [0.5, 0.6) is 0 Å². The minimum Gasteiger partial charge on any atom is -0.333 e. The highest BCUT2D eigenvalue weighted by atomic mass is 16.1. The second kappa shape index (κ2) is 5.54. The van der Waals surface area contributed by atoms with Gasteiger partial charge in [0.25, 0.3) is 5.56 Å². The van der Waals surface area contributed by atoms with Crippen LogP contribution in [0.4, 0.5) is 0 Å². The second-order valence-electron chi connectivity index (χ2n) is 6.81. The zero-order valence-corrected chi connectivity index (χ0v) is 13.2. The number of rotatable bonds is 2. The van der Waals surface area contributed by atoms with E-state index in [1.54, 1.807) is 10.6 Å². The van der Waals surface area contributed by atoms with E-state index in [9.17, 15) is 4.79 Å². The first-order valence-electron chi connectivity index (χ1n) is 8.54. The van der Waals surface area contributed by atoms with Gasteiger partial charge < -0.3 is 9.88 Å². The lowest BCUT2D eigenvalue weighted by Crippen LogP contribution is -2.29. The first-order chi connectivity index (χ1) is 10.7. The summed E-state index contributed by atoms with van der Waals surface area (Å²) in [6.07, 6.45) is 7.20. The molecule has 1 aliphatic carbocycles. The summed E-state index contributed by atoms with van der Waals surface area (Å²) in [5, 5.41) is 8.00. The minimum atomic E-state index is 0.0193. The first-order valence-corrected chi connectivity index (χ1v) is 8.54. The number of hydrogen-bond acceptors (Lipinski definition) is 3. The topological polar surface area (TPSA) is 51.3 Å². The molecule has 4 rings (SSSR count). The molecule has 3 heterocycles. The third kappa shape index (κ3) is 2.28. The van der Waals surface area contributed by atoms with Crippen molar-refractivity contribution < 1.29 is 0 Å². The monoisotopic (exact) mass is 300 g/mol. The molecule has 5 heteroatoms. The molecule has 0 atom stereocenters. The molecule has 1 saturated heterocycles. The van der Waals surface area contributed by atoms with Gasteiger partial charge in [-0.05, 0) is 38.8 Å². The average molecular weight is 300 g/mol. The Bertz CT molecular complexity index is 733. The van der Waals surface area contributed by atoms with E-state index < -0.39 is 0 Å². The summed E-state index contributed by atoms with van der Waals surface area (Å²) in [4.78, 5) is 12.5. The number of aromatic nitrogens is 3. The molecule has 1 N–H and O–H groups in total. The van der Waals surface area contributed by atoms with Crippen molar-refractivity contribution in [1.82, 2.24) is 19.5 Å². The molecule has 118 valence electrons. The third-order valence-electron chi connectivity index (χ3n) is 5.45. The fourth-order valence-corrected chi connectivity index (χ4v) is 4.14. The highest BCUT2D eigenvalue weighted by molar-refractivity contribution is 5.43. The van der Waals surface area contributed by atoms with E-state index in [0.717, 1.165) is 43.0 Å². The van der Waals surface area contributed by atoms with Gasteiger partial charge in [-0.1, -0.05) is 12.8 Å². The number of fused-ring (bicyclic) bond motifs is 1. The fourth-order valence-electron chi connectivity index (χ4n) is 4.14. The summed E-state index contributed by atoms with van der Waals surface area (Å²) in [6, 6.07) is 3.94.